The van der Waals surface area contributed by atoms with E-state index in [2.05, 4.69) is 10.2 Å². The number of nitrogens with two attached hydrogens (primary N) is 1. The van der Waals surface area contributed by atoms with Crippen LogP contribution >= 0.6 is 0 Å². The molecule has 1 fully saturated rings. The van der Waals surface area contributed by atoms with Crippen LogP contribution in [0.1, 0.15) is 17.3 Å². The van der Waals surface area contributed by atoms with E-state index in [1.807, 2.05) is 6.92 Å². The van der Waals surface area contributed by atoms with E-state index in [-0.39, 0.29) is 26.8 Å². The normalized spacial score (nSPS) is 16.0. The van der Waals surface area contributed by atoms with Gasteiger partial charge in [0, 0.05) is 31.9 Å². The largest absolute Gasteiger partial charge is 0.496 e. The van der Waals surface area contributed by atoms with Gasteiger partial charge in [-0.3, -0.25) is 4.79 Å². The first-order valence-corrected chi connectivity index (χ1v) is 12.9. The van der Waals surface area contributed by atoms with E-state index in [1.54, 1.807) is 6.07 Å². The van der Waals surface area contributed by atoms with Crippen LogP contribution in [0.5, 0.6) is 5.75 Å². The molecule has 10 nitrogen and oxygen atoms in total. The van der Waals surface area contributed by atoms with Gasteiger partial charge in [-0.05, 0) is 42.9 Å². The number of amides is 1. The molecular formula is C20H26N4O6S2. The summed E-state index contributed by atoms with van der Waals surface area (Å²) in [7, 11) is -6.40. The molecule has 0 unspecified atom stereocenters. The minimum atomic E-state index is -4.02. The van der Waals surface area contributed by atoms with Crippen LogP contribution in [0.2, 0.25) is 0 Å². The van der Waals surface area contributed by atoms with E-state index in [9.17, 15) is 21.6 Å². The van der Waals surface area contributed by atoms with Gasteiger partial charge in [0.25, 0.3) is 5.91 Å². The minimum absolute atomic E-state index is 0.0528. The first-order valence-electron chi connectivity index (χ1n) is 9.91. The molecule has 2 aromatic carbocycles. The summed E-state index contributed by atoms with van der Waals surface area (Å²) in [5.41, 5.74) is 0.189. The molecule has 1 saturated heterocycles. The Labute approximate surface area is 188 Å². The molecule has 0 aromatic heterocycles. The van der Waals surface area contributed by atoms with Crippen LogP contribution in [0, 0.1) is 0 Å². The van der Waals surface area contributed by atoms with Crippen molar-refractivity contribution in [1.29, 1.82) is 0 Å². The second kappa shape index (κ2) is 9.55. The van der Waals surface area contributed by atoms with E-state index in [0.29, 0.717) is 26.2 Å². The summed E-state index contributed by atoms with van der Waals surface area (Å²) in [6.45, 7) is 5.00. The lowest BCUT2D eigenvalue weighted by Crippen LogP contribution is -2.48. The number of sulfonamides is 2. The Kier molecular flexibility index (Phi) is 7.20. The van der Waals surface area contributed by atoms with E-state index >= 15 is 0 Å². The second-order valence-corrected chi connectivity index (χ2v) is 10.7. The monoisotopic (exact) mass is 482 g/mol. The number of likely N-dealkylation sites (N-methyl/N-ethyl adjacent to an activating group) is 1. The number of hydrogen-bond acceptors (Lipinski definition) is 7. The minimum Gasteiger partial charge on any atom is -0.496 e. The third-order valence-electron chi connectivity index (χ3n) is 5.25. The van der Waals surface area contributed by atoms with E-state index in [0.717, 1.165) is 12.6 Å². The number of anilines is 1. The second-order valence-electron chi connectivity index (χ2n) is 7.23. The fourth-order valence-corrected chi connectivity index (χ4v) is 5.42. The van der Waals surface area contributed by atoms with Gasteiger partial charge in [-0.25, -0.2) is 22.0 Å². The number of methoxy groups -OCH3 is 1. The average Bonchev–Trinajstić information content (AvgIpc) is 2.78. The van der Waals surface area contributed by atoms with E-state index in [4.69, 9.17) is 9.88 Å². The van der Waals surface area contributed by atoms with Crippen molar-refractivity contribution < 1.29 is 26.4 Å². The number of piperazine rings is 1. The number of benzene rings is 2. The Hall–Kier alpha value is -2.51. The van der Waals surface area contributed by atoms with Gasteiger partial charge < -0.3 is 15.0 Å². The van der Waals surface area contributed by atoms with Gasteiger partial charge in [0.05, 0.1) is 22.5 Å². The van der Waals surface area contributed by atoms with Gasteiger partial charge in [-0.2, -0.15) is 4.31 Å². The Morgan fingerprint density at radius 3 is 2.31 bits per heavy atom. The molecule has 3 rings (SSSR count). The standard InChI is InChI=1S/C20H26N4O6S2/c1-3-23-9-11-24(12-10-23)32(28,29)17-6-4-5-15(13-17)22-20(25)18-14-16(31(21,26)27)7-8-19(18)30-2/h4-8,13-14H,3,9-12H2,1-2H3,(H,22,25)(H2,21,26,27). The number of carbonyl (C=O) groups is 1. The summed E-state index contributed by atoms with van der Waals surface area (Å²) in [6.07, 6.45) is 0. The third-order valence-corrected chi connectivity index (χ3v) is 8.06. The van der Waals surface area contributed by atoms with Crippen molar-refractivity contribution in [1.82, 2.24) is 9.21 Å². The van der Waals surface area contributed by atoms with Crippen molar-refractivity contribution in [2.45, 2.75) is 16.7 Å². The maximum absolute atomic E-state index is 13.0. The number of rotatable bonds is 7. The topological polar surface area (TPSA) is 139 Å². The SMILES string of the molecule is CCN1CCN(S(=O)(=O)c2cccc(NC(=O)c3cc(S(N)(=O)=O)ccc3OC)c2)CC1. The average molecular weight is 483 g/mol. The third kappa shape index (κ3) is 5.27. The Morgan fingerprint density at radius 2 is 1.72 bits per heavy atom. The van der Waals surface area contributed by atoms with Crippen LogP contribution in [-0.4, -0.2) is 71.8 Å². The predicted octanol–water partition coefficient (Wildman–Crippen LogP) is 0.921. The summed E-state index contributed by atoms with van der Waals surface area (Å²) in [6, 6.07) is 9.58. The molecule has 12 heteroatoms. The molecule has 1 amide bonds. The van der Waals surface area contributed by atoms with Gasteiger partial charge in [0.1, 0.15) is 5.75 Å². The van der Waals surface area contributed by atoms with Crippen LogP contribution in [0.3, 0.4) is 0 Å². The highest BCUT2D eigenvalue weighted by Crippen LogP contribution is 2.25. The van der Waals surface area contributed by atoms with Crippen molar-refractivity contribution in [3.05, 3.63) is 48.0 Å². The van der Waals surface area contributed by atoms with Gasteiger partial charge in [0.15, 0.2) is 0 Å². The number of ether oxygens (including phenoxy) is 1. The highest BCUT2D eigenvalue weighted by atomic mass is 32.2. The molecule has 1 aliphatic rings. The van der Waals surface area contributed by atoms with Crippen LogP contribution < -0.4 is 15.2 Å². The number of primary sulfonamides is 1. The molecule has 0 spiro atoms. The smallest absolute Gasteiger partial charge is 0.259 e. The summed E-state index contributed by atoms with van der Waals surface area (Å²) >= 11 is 0. The summed E-state index contributed by atoms with van der Waals surface area (Å²) in [5, 5.41) is 7.75. The highest BCUT2D eigenvalue weighted by Gasteiger charge is 2.28. The van der Waals surface area contributed by atoms with E-state index in [1.165, 1.54) is 41.7 Å². The quantitative estimate of drug-likeness (QED) is 0.598. The van der Waals surface area contributed by atoms with Crippen molar-refractivity contribution in [2.75, 3.05) is 45.2 Å². The molecular weight excluding hydrogens is 456 g/mol. The van der Waals surface area contributed by atoms with Gasteiger partial charge >= 0.3 is 0 Å². The summed E-state index contributed by atoms with van der Waals surface area (Å²) in [4.78, 5) is 14.8. The predicted molar refractivity (Wildman–Crippen MR) is 120 cm³/mol. The van der Waals surface area contributed by atoms with Crippen LogP contribution in [0.25, 0.3) is 0 Å². The Morgan fingerprint density at radius 1 is 1.03 bits per heavy atom. The molecule has 0 bridgehead atoms. The molecule has 2 aromatic rings. The highest BCUT2D eigenvalue weighted by molar-refractivity contribution is 7.89. The van der Waals surface area contributed by atoms with Gasteiger partial charge in [-0.15, -0.1) is 0 Å². The number of nitrogens with one attached hydrogen (secondary N) is 1. The lowest BCUT2D eigenvalue weighted by Gasteiger charge is -2.33. The molecule has 0 saturated carbocycles. The van der Waals surface area contributed by atoms with Crippen molar-refractivity contribution in [2.24, 2.45) is 5.14 Å². The molecule has 32 heavy (non-hydrogen) atoms. The summed E-state index contributed by atoms with van der Waals surface area (Å²) in [5.74, 6) is -0.522. The zero-order valence-corrected chi connectivity index (χ0v) is 19.4. The summed E-state index contributed by atoms with van der Waals surface area (Å²) < 4.78 is 55.9. The number of hydrogen-bond donors (Lipinski definition) is 2. The van der Waals surface area contributed by atoms with Crippen LogP contribution in [0.15, 0.2) is 52.3 Å². The van der Waals surface area contributed by atoms with Crippen LogP contribution in [-0.2, 0) is 20.0 Å². The maximum Gasteiger partial charge on any atom is 0.259 e. The van der Waals surface area contributed by atoms with E-state index < -0.39 is 26.0 Å². The molecule has 1 heterocycles. The first-order chi connectivity index (χ1) is 15.1. The maximum atomic E-state index is 13.0. The number of nitrogens with zero attached hydrogens (tertiary/aromatic N) is 2. The lowest BCUT2D eigenvalue weighted by molar-refractivity contribution is 0.102. The van der Waals surface area contributed by atoms with Crippen molar-refractivity contribution in [3.8, 4) is 5.75 Å². The first kappa shape index (κ1) is 24.1. The van der Waals surface area contributed by atoms with Crippen LogP contribution in [0.4, 0.5) is 5.69 Å². The lowest BCUT2D eigenvalue weighted by atomic mass is 10.2. The van der Waals surface area contributed by atoms with Gasteiger partial charge in [-0.1, -0.05) is 13.0 Å². The zero-order chi connectivity index (χ0) is 23.5. The molecule has 1 aliphatic heterocycles. The Bertz CT molecular complexity index is 1210. The molecule has 3 N–H and O–H groups in total. The molecule has 0 aliphatic carbocycles. The zero-order valence-electron chi connectivity index (χ0n) is 17.8. The molecule has 0 atom stereocenters. The fraction of sp³-hybridized carbons (Fsp3) is 0.350. The fourth-order valence-electron chi connectivity index (χ4n) is 3.41. The molecule has 0 radical (unpaired) electrons. The van der Waals surface area contributed by atoms with Gasteiger partial charge in [0.2, 0.25) is 20.0 Å². The molecule has 174 valence electrons. The van der Waals surface area contributed by atoms with Crippen molar-refractivity contribution >= 4 is 31.6 Å². The van der Waals surface area contributed by atoms with Crippen molar-refractivity contribution in [3.63, 3.8) is 0 Å². The number of carbonyl (C=O) groups excluding carboxylic acids is 1. The Balaban J connectivity index is 1.84.